The van der Waals surface area contributed by atoms with Crippen LogP contribution in [0.1, 0.15) is 38.6 Å². The summed E-state index contributed by atoms with van der Waals surface area (Å²) in [7, 11) is 1.52. The van der Waals surface area contributed by atoms with Gasteiger partial charge in [-0.25, -0.2) is 0 Å². The highest BCUT2D eigenvalue weighted by Crippen LogP contribution is 2.39. The molecule has 1 aromatic carbocycles. The number of rotatable bonds is 6. The maximum atomic E-state index is 13.1. The number of nitrogens with zero attached hydrogens (tertiary/aromatic N) is 1. The Hall–Kier alpha value is -2.64. The van der Waals surface area contributed by atoms with Gasteiger partial charge in [0.2, 0.25) is 0 Å². The van der Waals surface area contributed by atoms with Crippen LogP contribution >= 0.6 is 22.7 Å². The van der Waals surface area contributed by atoms with Gasteiger partial charge in [-0.3, -0.25) is 9.59 Å². The van der Waals surface area contributed by atoms with Gasteiger partial charge in [0.25, 0.3) is 5.91 Å². The number of hydrogen-bond donors (Lipinski definition) is 0. The SMILES string of the molecule is COc1cc(C(C)=O)ccc1OCC(=O)N1CCc2sccc2C1c1cccs1. The van der Waals surface area contributed by atoms with Gasteiger partial charge in [0, 0.05) is 21.9 Å². The molecule has 0 N–H and O–H groups in total. The van der Waals surface area contributed by atoms with E-state index in [4.69, 9.17) is 9.47 Å². The first-order valence-electron chi connectivity index (χ1n) is 9.29. The van der Waals surface area contributed by atoms with E-state index >= 15 is 0 Å². The summed E-state index contributed by atoms with van der Waals surface area (Å²) in [6.45, 7) is 2.08. The second-order valence-electron chi connectivity index (χ2n) is 6.76. The number of hydrogen-bond acceptors (Lipinski definition) is 6. The summed E-state index contributed by atoms with van der Waals surface area (Å²) >= 11 is 3.41. The number of ether oxygens (including phenoxy) is 2. The normalized spacial score (nSPS) is 15.7. The molecule has 0 bridgehead atoms. The highest BCUT2D eigenvalue weighted by atomic mass is 32.1. The van der Waals surface area contributed by atoms with Crippen molar-refractivity contribution >= 4 is 34.4 Å². The molecule has 1 unspecified atom stereocenters. The maximum Gasteiger partial charge on any atom is 0.261 e. The first kappa shape index (κ1) is 19.7. The second-order valence-corrected chi connectivity index (χ2v) is 8.74. The van der Waals surface area contributed by atoms with Crippen LogP contribution < -0.4 is 9.47 Å². The van der Waals surface area contributed by atoms with Gasteiger partial charge in [0.1, 0.15) is 0 Å². The first-order chi connectivity index (χ1) is 14.1. The number of thiophene rings is 2. The lowest BCUT2D eigenvalue weighted by molar-refractivity contribution is -0.135. The first-order valence-corrected chi connectivity index (χ1v) is 11.1. The van der Waals surface area contributed by atoms with E-state index in [1.165, 1.54) is 24.5 Å². The molecule has 3 heterocycles. The van der Waals surface area contributed by atoms with E-state index in [-0.39, 0.29) is 24.3 Å². The number of benzene rings is 1. The molecule has 0 aliphatic carbocycles. The van der Waals surface area contributed by atoms with Crippen molar-refractivity contribution in [2.24, 2.45) is 0 Å². The van der Waals surface area contributed by atoms with Crippen LogP contribution in [0.2, 0.25) is 0 Å². The predicted molar refractivity (Wildman–Crippen MR) is 114 cm³/mol. The van der Waals surface area contributed by atoms with Crippen LogP contribution in [0, 0.1) is 0 Å². The third-order valence-corrected chi connectivity index (χ3v) is 6.94. The smallest absolute Gasteiger partial charge is 0.261 e. The number of ketones is 1. The lowest BCUT2D eigenvalue weighted by Crippen LogP contribution is -2.42. The minimum Gasteiger partial charge on any atom is -0.493 e. The van der Waals surface area contributed by atoms with Crippen molar-refractivity contribution < 1.29 is 19.1 Å². The Balaban J connectivity index is 1.53. The third-order valence-electron chi connectivity index (χ3n) is 5.02. The topological polar surface area (TPSA) is 55.8 Å². The van der Waals surface area contributed by atoms with E-state index in [0.717, 1.165) is 11.3 Å². The van der Waals surface area contributed by atoms with Crippen LogP contribution in [-0.2, 0) is 11.2 Å². The van der Waals surface area contributed by atoms with Crippen molar-refractivity contribution in [3.63, 3.8) is 0 Å². The lowest BCUT2D eigenvalue weighted by atomic mass is 9.98. The molecule has 3 aromatic rings. The molecule has 7 heteroatoms. The summed E-state index contributed by atoms with van der Waals surface area (Å²) in [5.74, 6) is 0.772. The molecule has 1 atom stereocenters. The Bertz CT molecular complexity index is 1030. The van der Waals surface area contributed by atoms with Crippen molar-refractivity contribution in [3.8, 4) is 11.5 Å². The Kier molecular flexibility index (Phi) is 5.69. The van der Waals surface area contributed by atoms with E-state index in [2.05, 4.69) is 17.5 Å². The maximum absolute atomic E-state index is 13.1. The number of methoxy groups -OCH3 is 1. The quantitative estimate of drug-likeness (QED) is 0.541. The van der Waals surface area contributed by atoms with Gasteiger partial charge in [-0.15, -0.1) is 22.7 Å². The number of carbonyl (C=O) groups excluding carboxylic acids is 2. The van der Waals surface area contributed by atoms with Crippen molar-refractivity contribution in [1.82, 2.24) is 4.90 Å². The molecule has 1 amide bonds. The summed E-state index contributed by atoms with van der Waals surface area (Å²) in [5, 5.41) is 4.13. The monoisotopic (exact) mass is 427 g/mol. The Morgan fingerprint density at radius 3 is 2.72 bits per heavy atom. The van der Waals surface area contributed by atoms with Crippen molar-refractivity contribution in [2.75, 3.05) is 20.3 Å². The van der Waals surface area contributed by atoms with Crippen LogP contribution in [0.25, 0.3) is 0 Å². The molecule has 29 heavy (non-hydrogen) atoms. The van der Waals surface area contributed by atoms with Gasteiger partial charge in [-0.1, -0.05) is 6.07 Å². The Morgan fingerprint density at radius 2 is 2.00 bits per heavy atom. The molecule has 1 aliphatic rings. The van der Waals surface area contributed by atoms with E-state index in [9.17, 15) is 9.59 Å². The summed E-state index contributed by atoms with van der Waals surface area (Å²) < 4.78 is 11.1. The van der Waals surface area contributed by atoms with E-state index in [1.54, 1.807) is 40.9 Å². The fraction of sp³-hybridized carbons (Fsp3) is 0.273. The molecule has 0 saturated heterocycles. The highest BCUT2D eigenvalue weighted by molar-refractivity contribution is 7.10. The largest absolute Gasteiger partial charge is 0.493 e. The second kappa shape index (κ2) is 8.39. The van der Waals surface area contributed by atoms with E-state index in [1.807, 2.05) is 16.3 Å². The van der Waals surface area contributed by atoms with Crippen molar-refractivity contribution in [1.29, 1.82) is 0 Å². The zero-order valence-corrected chi connectivity index (χ0v) is 17.8. The number of fused-ring (bicyclic) bond motifs is 1. The molecule has 150 valence electrons. The van der Waals surface area contributed by atoms with Crippen LogP contribution in [0.15, 0.2) is 47.2 Å². The molecule has 5 nitrogen and oxygen atoms in total. The Labute approximate surface area is 177 Å². The summed E-state index contributed by atoms with van der Waals surface area (Å²) in [4.78, 5) is 29.1. The molecule has 0 radical (unpaired) electrons. The summed E-state index contributed by atoms with van der Waals surface area (Å²) in [6.07, 6.45) is 0.858. The average Bonchev–Trinajstić information content (AvgIpc) is 3.42. The molecular formula is C22H21NO4S2. The predicted octanol–water partition coefficient (Wildman–Crippen LogP) is 4.57. The Morgan fingerprint density at radius 1 is 1.14 bits per heavy atom. The molecule has 0 spiro atoms. The minimum absolute atomic E-state index is 0.0513. The van der Waals surface area contributed by atoms with Crippen molar-refractivity contribution in [2.45, 2.75) is 19.4 Å². The number of amides is 1. The van der Waals surface area contributed by atoms with Crippen LogP contribution in [-0.4, -0.2) is 36.9 Å². The van der Waals surface area contributed by atoms with E-state index < -0.39 is 0 Å². The molecule has 0 saturated carbocycles. The van der Waals surface area contributed by atoms with Crippen LogP contribution in [0.3, 0.4) is 0 Å². The van der Waals surface area contributed by atoms with Gasteiger partial charge in [0.15, 0.2) is 23.9 Å². The number of Topliss-reactive ketones (excluding diaryl/α,β-unsaturated/α-hetero) is 1. The zero-order chi connectivity index (χ0) is 20.4. The molecule has 2 aromatic heterocycles. The summed E-state index contributed by atoms with van der Waals surface area (Å²) in [5.41, 5.74) is 1.75. The van der Waals surface area contributed by atoms with Crippen LogP contribution in [0.4, 0.5) is 0 Å². The van der Waals surface area contributed by atoms with Gasteiger partial charge >= 0.3 is 0 Å². The van der Waals surface area contributed by atoms with Crippen molar-refractivity contribution in [3.05, 3.63) is 68.0 Å². The molecule has 4 rings (SSSR count). The lowest BCUT2D eigenvalue weighted by Gasteiger charge is -2.35. The number of carbonyl (C=O) groups is 2. The molecule has 0 fully saturated rings. The minimum atomic E-state index is -0.0862. The van der Waals surface area contributed by atoms with Gasteiger partial charge in [-0.05, 0) is 60.0 Å². The standard InChI is InChI=1S/C22H21NO4S2/c1-14(24)15-5-6-17(18(12-15)26-2)27-13-21(25)23-9-7-19-16(8-11-29-19)22(23)20-4-3-10-28-20/h3-6,8,10-12,22H,7,9,13H2,1-2H3. The average molecular weight is 428 g/mol. The molecular weight excluding hydrogens is 406 g/mol. The van der Waals surface area contributed by atoms with Gasteiger partial charge in [0.05, 0.1) is 13.2 Å². The highest BCUT2D eigenvalue weighted by Gasteiger charge is 2.33. The fourth-order valence-electron chi connectivity index (χ4n) is 3.57. The van der Waals surface area contributed by atoms with Gasteiger partial charge in [-0.2, -0.15) is 0 Å². The zero-order valence-electron chi connectivity index (χ0n) is 16.2. The van der Waals surface area contributed by atoms with E-state index in [0.29, 0.717) is 23.6 Å². The third kappa shape index (κ3) is 3.93. The fourth-order valence-corrected chi connectivity index (χ4v) is 5.33. The molecule has 1 aliphatic heterocycles. The van der Waals surface area contributed by atoms with Crippen LogP contribution in [0.5, 0.6) is 11.5 Å². The summed E-state index contributed by atoms with van der Waals surface area (Å²) in [6, 6.07) is 11.1. The van der Waals surface area contributed by atoms with Gasteiger partial charge < -0.3 is 14.4 Å².